The predicted molar refractivity (Wildman–Crippen MR) is 113 cm³/mol. The zero-order valence-electron chi connectivity index (χ0n) is 18.1. The minimum absolute atomic E-state index is 0.0500. The molecule has 1 aromatic carbocycles. The summed E-state index contributed by atoms with van der Waals surface area (Å²) in [7, 11) is 0. The Morgan fingerprint density at radius 2 is 1.77 bits per heavy atom. The normalized spacial score (nSPS) is 15.5. The predicted octanol–water partition coefficient (Wildman–Crippen LogP) is 4.52. The van der Waals surface area contributed by atoms with Gasteiger partial charge in [0.2, 0.25) is 0 Å². The first kappa shape index (κ1) is 22.9. The van der Waals surface area contributed by atoms with Gasteiger partial charge >= 0.3 is 6.18 Å². The van der Waals surface area contributed by atoms with Gasteiger partial charge in [-0.3, -0.25) is 4.79 Å². The van der Waals surface area contributed by atoms with Crippen molar-refractivity contribution < 1.29 is 22.7 Å². The molecule has 1 aliphatic heterocycles. The highest BCUT2D eigenvalue weighted by molar-refractivity contribution is 5.78. The average molecular weight is 435 g/mol. The summed E-state index contributed by atoms with van der Waals surface area (Å²) in [6, 6.07) is 10.1. The van der Waals surface area contributed by atoms with Crippen LogP contribution in [0.25, 0.3) is 0 Å². The Morgan fingerprint density at radius 1 is 1.03 bits per heavy atom. The van der Waals surface area contributed by atoms with Gasteiger partial charge in [0.05, 0.1) is 5.56 Å². The van der Waals surface area contributed by atoms with E-state index >= 15 is 0 Å². The van der Waals surface area contributed by atoms with Crippen LogP contribution in [0, 0.1) is 0 Å². The molecule has 0 radical (unpaired) electrons. The fourth-order valence-corrected chi connectivity index (χ4v) is 3.58. The van der Waals surface area contributed by atoms with E-state index in [0.717, 1.165) is 17.8 Å². The average Bonchev–Trinajstić information content (AvgIpc) is 2.97. The number of aromatic nitrogens is 1. The van der Waals surface area contributed by atoms with E-state index in [2.05, 4.69) is 25.8 Å². The maximum absolute atomic E-state index is 12.7. The topological polar surface area (TPSA) is 45.7 Å². The van der Waals surface area contributed by atoms with Crippen LogP contribution >= 0.6 is 0 Å². The highest BCUT2D eigenvalue weighted by Crippen LogP contribution is 2.31. The van der Waals surface area contributed by atoms with Gasteiger partial charge in [-0.25, -0.2) is 4.98 Å². The molecule has 0 atom stereocenters. The molecule has 0 saturated carbocycles. The Labute approximate surface area is 180 Å². The number of pyridine rings is 1. The Morgan fingerprint density at radius 3 is 2.42 bits per heavy atom. The molecule has 0 bridgehead atoms. The van der Waals surface area contributed by atoms with E-state index in [9.17, 15) is 18.0 Å². The molecule has 0 N–H and O–H groups in total. The molecular formula is C23H28F3N3O2. The van der Waals surface area contributed by atoms with Crippen molar-refractivity contribution in [3.63, 3.8) is 0 Å². The van der Waals surface area contributed by atoms with Gasteiger partial charge in [0, 0.05) is 32.4 Å². The molecule has 0 unspecified atom stereocenters. The van der Waals surface area contributed by atoms with E-state index < -0.39 is 11.7 Å². The van der Waals surface area contributed by atoms with E-state index in [-0.39, 0.29) is 17.9 Å². The molecule has 3 rings (SSSR count). The van der Waals surface area contributed by atoms with Crippen LogP contribution in [0.15, 0.2) is 42.6 Å². The summed E-state index contributed by atoms with van der Waals surface area (Å²) in [6.45, 7) is 8.39. The lowest BCUT2D eigenvalue weighted by Gasteiger charge is -2.25. The highest BCUT2D eigenvalue weighted by Gasteiger charge is 2.31. The first-order valence-electron chi connectivity index (χ1n) is 10.3. The van der Waals surface area contributed by atoms with Crippen LogP contribution in [-0.2, 0) is 16.4 Å². The maximum atomic E-state index is 12.7. The Balaban J connectivity index is 1.58. The van der Waals surface area contributed by atoms with Gasteiger partial charge in [-0.05, 0) is 35.6 Å². The lowest BCUT2D eigenvalue weighted by atomic mass is 9.86. The molecule has 8 heteroatoms. The molecule has 1 aromatic heterocycles. The molecule has 1 amide bonds. The number of ether oxygens (including phenoxy) is 1. The second-order valence-corrected chi connectivity index (χ2v) is 8.66. The van der Waals surface area contributed by atoms with Crippen LogP contribution in [0.1, 0.15) is 38.3 Å². The quantitative estimate of drug-likeness (QED) is 0.709. The molecule has 5 nitrogen and oxygen atoms in total. The van der Waals surface area contributed by atoms with E-state index in [1.165, 1.54) is 6.07 Å². The Kier molecular flexibility index (Phi) is 6.77. The molecule has 1 fully saturated rings. The van der Waals surface area contributed by atoms with Crippen molar-refractivity contribution >= 4 is 11.7 Å². The first-order valence-corrected chi connectivity index (χ1v) is 10.3. The summed E-state index contributed by atoms with van der Waals surface area (Å²) in [5.41, 5.74) is 0.172. The number of benzene rings is 1. The van der Waals surface area contributed by atoms with Crippen LogP contribution in [-0.4, -0.2) is 48.6 Å². The summed E-state index contributed by atoms with van der Waals surface area (Å²) in [5.74, 6) is 1.08. The number of halogens is 3. The number of carbonyl (C=O) groups excluding carboxylic acids is 1. The maximum Gasteiger partial charge on any atom is 0.417 e. The second kappa shape index (κ2) is 9.16. The van der Waals surface area contributed by atoms with E-state index in [1.54, 1.807) is 4.90 Å². The highest BCUT2D eigenvalue weighted by atomic mass is 19.4. The summed E-state index contributed by atoms with van der Waals surface area (Å²) >= 11 is 0. The third-order valence-corrected chi connectivity index (χ3v) is 5.29. The fourth-order valence-electron chi connectivity index (χ4n) is 3.58. The van der Waals surface area contributed by atoms with Gasteiger partial charge in [-0.2, -0.15) is 13.2 Å². The van der Waals surface area contributed by atoms with E-state index in [1.807, 2.05) is 29.2 Å². The number of hydrogen-bond acceptors (Lipinski definition) is 4. The van der Waals surface area contributed by atoms with Gasteiger partial charge < -0.3 is 14.5 Å². The van der Waals surface area contributed by atoms with Gasteiger partial charge in [-0.1, -0.05) is 39.0 Å². The third-order valence-electron chi connectivity index (χ3n) is 5.29. The lowest BCUT2D eigenvalue weighted by molar-refractivity contribution is -0.137. The van der Waals surface area contributed by atoms with Crippen molar-refractivity contribution in [2.24, 2.45) is 0 Å². The van der Waals surface area contributed by atoms with Crippen LogP contribution < -0.4 is 9.64 Å². The number of amides is 1. The van der Waals surface area contributed by atoms with E-state index in [4.69, 9.17) is 4.74 Å². The third kappa shape index (κ3) is 5.89. The molecule has 1 saturated heterocycles. The van der Waals surface area contributed by atoms with Crippen molar-refractivity contribution in [1.82, 2.24) is 9.88 Å². The molecule has 0 aliphatic carbocycles. The fraction of sp³-hybridized carbons (Fsp3) is 0.478. The second-order valence-electron chi connectivity index (χ2n) is 8.66. The van der Waals surface area contributed by atoms with Gasteiger partial charge in [0.1, 0.15) is 11.6 Å². The smallest absolute Gasteiger partial charge is 0.417 e. The van der Waals surface area contributed by atoms with Crippen molar-refractivity contribution in [1.29, 1.82) is 0 Å². The number of alkyl halides is 3. The van der Waals surface area contributed by atoms with Crippen molar-refractivity contribution in [3.8, 4) is 5.75 Å². The largest absolute Gasteiger partial charge is 0.483 e. The SMILES string of the molecule is CC(C)(C)c1ccccc1OCC(=O)N1CCCN(c2ccc(C(F)(F)F)cn2)CC1. The van der Waals surface area contributed by atoms with Crippen LogP contribution in [0.3, 0.4) is 0 Å². The zero-order chi connectivity index (χ0) is 22.6. The number of para-hydroxylation sites is 1. The molecule has 2 aromatic rings. The van der Waals surface area contributed by atoms with Gasteiger partial charge in [0.25, 0.3) is 5.91 Å². The van der Waals surface area contributed by atoms with Crippen molar-refractivity contribution in [2.45, 2.75) is 38.8 Å². The monoisotopic (exact) mass is 435 g/mol. The minimum Gasteiger partial charge on any atom is -0.483 e. The summed E-state index contributed by atoms with van der Waals surface area (Å²) in [6.07, 6.45) is -2.85. The summed E-state index contributed by atoms with van der Waals surface area (Å²) in [5, 5.41) is 0. The molecule has 31 heavy (non-hydrogen) atoms. The lowest BCUT2D eigenvalue weighted by Crippen LogP contribution is -2.38. The zero-order valence-corrected chi connectivity index (χ0v) is 18.1. The number of nitrogens with zero attached hydrogens (tertiary/aromatic N) is 3. The molecule has 168 valence electrons. The Bertz CT molecular complexity index is 892. The van der Waals surface area contributed by atoms with Crippen LogP contribution in [0.5, 0.6) is 5.75 Å². The minimum atomic E-state index is -4.40. The van der Waals surface area contributed by atoms with Crippen LogP contribution in [0.2, 0.25) is 0 Å². The molecule has 0 spiro atoms. The summed E-state index contributed by atoms with van der Waals surface area (Å²) in [4.78, 5) is 20.3. The van der Waals surface area contributed by atoms with Crippen molar-refractivity contribution in [3.05, 3.63) is 53.7 Å². The summed E-state index contributed by atoms with van der Waals surface area (Å²) < 4.78 is 44.1. The number of hydrogen-bond donors (Lipinski definition) is 0. The van der Waals surface area contributed by atoms with Gasteiger partial charge in [-0.15, -0.1) is 0 Å². The number of rotatable bonds is 4. The Hall–Kier alpha value is -2.77. The standard InChI is InChI=1S/C23H28F3N3O2/c1-22(2,3)18-7-4-5-8-19(18)31-16-21(30)29-12-6-11-28(13-14-29)20-10-9-17(15-27-20)23(24,25)26/h4-5,7-10,15H,6,11-14,16H2,1-3H3. The number of carbonyl (C=O) groups is 1. The molecular weight excluding hydrogens is 407 g/mol. The molecule has 2 heterocycles. The number of anilines is 1. The molecule has 1 aliphatic rings. The first-order chi connectivity index (χ1) is 14.6. The van der Waals surface area contributed by atoms with Crippen molar-refractivity contribution in [2.75, 3.05) is 37.7 Å². The van der Waals surface area contributed by atoms with Crippen LogP contribution in [0.4, 0.5) is 19.0 Å². The van der Waals surface area contributed by atoms with Gasteiger partial charge in [0.15, 0.2) is 6.61 Å². The van der Waals surface area contributed by atoms with E-state index in [0.29, 0.717) is 44.2 Å².